The van der Waals surface area contributed by atoms with Crippen molar-refractivity contribution in [3.63, 3.8) is 0 Å². The SMILES string of the molecule is CC[C@H](CO[Si](C)(C)C(C)(C)C)C(=O)O. The lowest BCUT2D eigenvalue weighted by molar-refractivity contribution is -0.142. The van der Waals surface area contributed by atoms with E-state index >= 15 is 0 Å². The fraction of sp³-hybridized carbons (Fsp3) is 0.909. The molecule has 0 saturated carbocycles. The molecular weight excluding hydrogens is 208 g/mol. The van der Waals surface area contributed by atoms with Crippen molar-refractivity contribution >= 4 is 14.3 Å². The number of rotatable bonds is 5. The summed E-state index contributed by atoms with van der Waals surface area (Å²) in [5.41, 5.74) is 0. The number of carboxylic acid groups (broad SMARTS) is 1. The maximum absolute atomic E-state index is 10.8. The lowest BCUT2D eigenvalue weighted by Crippen LogP contribution is -2.42. The van der Waals surface area contributed by atoms with E-state index in [1.165, 1.54) is 0 Å². The van der Waals surface area contributed by atoms with Crippen molar-refractivity contribution < 1.29 is 14.3 Å². The van der Waals surface area contributed by atoms with Gasteiger partial charge in [0.25, 0.3) is 0 Å². The second kappa shape index (κ2) is 5.12. The van der Waals surface area contributed by atoms with Crippen molar-refractivity contribution in [1.82, 2.24) is 0 Å². The van der Waals surface area contributed by atoms with Gasteiger partial charge in [0.2, 0.25) is 0 Å². The molecule has 0 bridgehead atoms. The predicted octanol–water partition coefficient (Wildman–Crippen LogP) is 3.12. The van der Waals surface area contributed by atoms with Gasteiger partial charge < -0.3 is 9.53 Å². The highest BCUT2D eigenvalue weighted by Crippen LogP contribution is 2.36. The molecule has 0 aliphatic carbocycles. The molecule has 0 unspecified atom stereocenters. The first kappa shape index (κ1) is 14.6. The molecule has 0 fully saturated rings. The minimum Gasteiger partial charge on any atom is -0.481 e. The predicted molar refractivity (Wildman–Crippen MR) is 64.6 cm³/mol. The maximum Gasteiger partial charge on any atom is 0.308 e. The number of carbonyl (C=O) groups is 1. The summed E-state index contributed by atoms with van der Waals surface area (Å²) in [5, 5.41) is 9.05. The molecule has 0 aliphatic heterocycles. The molecule has 0 rings (SSSR count). The minimum atomic E-state index is -1.79. The Morgan fingerprint density at radius 1 is 1.40 bits per heavy atom. The van der Waals surface area contributed by atoms with Gasteiger partial charge in [0, 0.05) is 6.61 Å². The van der Waals surface area contributed by atoms with Crippen LogP contribution in [0.15, 0.2) is 0 Å². The summed E-state index contributed by atoms with van der Waals surface area (Å²) in [5.74, 6) is -1.12. The second-order valence-electron chi connectivity index (χ2n) is 5.51. The Bertz CT molecular complexity index is 218. The van der Waals surface area contributed by atoms with Crippen molar-refractivity contribution in [3.8, 4) is 0 Å². The van der Waals surface area contributed by atoms with Crippen LogP contribution in [-0.2, 0) is 9.22 Å². The van der Waals surface area contributed by atoms with Gasteiger partial charge in [-0.3, -0.25) is 4.79 Å². The molecule has 1 atom stereocenters. The normalized spacial score (nSPS) is 15.1. The van der Waals surface area contributed by atoms with Crippen LogP contribution in [0.4, 0.5) is 0 Å². The first-order valence-corrected chi connectivity index (χ1v) is 8.39. The molecule has 0 amide bonds. The van der Waals surface area contributed by atoms with Crippen LogP contribution >= 0.6 is 0 Å². The second-order valence-corrected chi connectivity index (χ2v) is 10.3. The van der Waals surface area contributed by atoms with E-state index in [0.29, 0.717) is 13.0 Å². The summed E-state index contributed by atoms with van der Waals surface area (Å²) in [4.78, 5) is 10.8. The lowest BCUT2D eigenvalue weighted by atomic mass is 10.1. The Morgan fingerprint density at radius 3 is 2.13 bits per heavy atom. The molecule has 0 heterocycles. The molecule has 0 radical (unpaired) electrons. The maximum atomic E-state index is 10.8. The zero-order valence-electron chi connectivity index (χ0n) is 10.8. The Hall–Kier alpha value is -0.353. The zero-order valence-corrected chi connectivity index (χ0v) is 11.8. The molecule has 0 aromatic rings. The van der Waals surface area contributed by atoms with Crippen molar-refractivity contribution in [2.45, 2.75) is 52.2 Å². The van der Waals surface area contributed by atoms with Crippen LogP contribution in [0.1, 0.15) is 34.1 Å². The first-order valence-electron chi connectivity index (χ1n) is 5.48. The first-order chi connectivity index (χ1) is 6.62. The Kier molecular flexibility index (Phi) is 5.00. The van der Waals surface area contributed by atoms with Crippen LogP contribution in [0.2, 0.25) is 18.1 Å². The number of aliphatic carboxylic acids is 1. The quantitative estimate of drug-likeness (QED) is 0.741. The standard InChI is InChI=1S/C11H24O3Si/c1-7-9(10(12)13)8-14-15(5,6)11(2,3)4/h9H,7-8H2,1-6H3,(H,12,13)/t9-/m1/s1. The summed E-state index contributed by atoms with van der Waals surface area (Å²) < 4.78 is 5.87. The van der Waals surface area contributed by atoms with E-state index in [1.807, 2.05) is 6.92 Å². The summed E-state index contributed by atoms with van der Waals surface area (Å²) in [6, 6.07) is 0. The highest BCUT2D eigenvalue weighted by molar-refractivity contribution is 6.74. The summed E-state index contributed by atoms with van der Waals surface area (Å²) in [6.45, 7) is 13.0. The Labute approximate surface area is 94.0 Å². The number of hydrogen-bond donors (Lipinski definition) is 1. The summed E-state index contributed by atoms with van der Waals surface area (Å²) in [7, 11) is -1.79. The van der Waals surface area contributed by atoms with Crippen LogP contribution in [-0.4, -0.2) is 26.0 Å². The molecule has 0 aliphatic rings. The van der Waals surface area contributed by atoms with E-state index in [-0.39, 0.29) is 11.0 Å². The largest absolute Gasteiger partial charge is 0.481 e. The summed E-state index contributed by atoms with van der Waals surface area (Å²) in [6.07, 6.45) is 0.629. The van der Waals surface area contributed by atoms with Gasteiger partial charge >= 0.3 is 5.97 Å². The van der Waals surface area contributed by atoms with Crippen molar-refractivity contribution in [2.24, 2.45) is 5.92 Å². The van der Waals surface area contributed by atoms with Crippen LogP contribution in [0.25, 0.3) is 0 Å². The van der Waals surface area contributed by atoms with Gasteiger partial charge in [-0.1, -0.05) is 27.7 Å². The molecule has 0 aromatic heterocycles. The molecule has 0 saturated heterocycles. The zero-order chi connectivity index (χ0) is 12.3. The van der Waals surface area contributed by atoms with E-state index in [1.54, 1.807) is 0 Å². The van der Waals surface area contributed by atoms with Gasteiger partial charge in [0.1, 0.15) is 0 Å². The minimum absolute atomic E-state index is 0.143. The van der Waals surface area contributed by atoms with Gasteiger partial charge in [0.15, 0.2) is 8.32 Å². The monoisotopic (exact) mass is 232 g/mol. The molecule has 1 N–H and O–H groups in total. The van der Waals surface area contributed by atoms with Gasteiger partial charge in [-0.05, 0) is 24.6 Å². The fourth-order valence-corrected chi connectivity index (χ4v) is 1.94. The number of hydrogen-bond acceptors (Lipinski definition) is 2. The molecule has 90 valence electrons. The highest BCUT2D eigenvalue weighted by Gasteiger charge is 2.37. The van der Waals surface area contributed by atoms with E-state index in [4.69, 9.17) is 9.53 Å². The fourth-order valence-electron chi connectivity index (χ4n) is 0.889. The Balaban J connectivity index is 4.31. The van der Waals surface area contributed by atoms with Crippen molar-refractivity contribution in [2.75, 3.05) is 6.61 Å². The van der Waals surface area contributed by atoms with E-state index in [2.05, 4.69) is 33.9 Å². The smallest absolute Gasteiger partial charge is 0.308 e. The van der Waals surface area contributed by atoms with Gasteiger partial charge in [0.05, 0.1) is 5.92 Å². The third-order valence-electron chi connectivity index (χ3n) is 3.29. The third-order valence-corrected chi connectivity index (χ3v) is 7.79. The van der Waals surface area contributed by atoms with Gasteiger partial charge in [-0.25, -0.2) is 0 Å². The van der Waals surface area contributed by atoms with Crippen molar-refractivity contribution in [3.05, 3.63) is 0 Å². The molecule has 4 heteroatoms. The van der Waals surface area contributed by atoms with Gasteiger partial charge in [-0.2, -0.15) is 0 Å². The Morgan fingerprint density at radius 2 is 1.87 bits per heavy atom. The van der Waals surface area contributed by atoms with E-state index in [0.717, 1.165) is 0 Å². The highest BCUT2D eigenvalue weighted by atomic mass is 28.4. The summed E-state index contributed by atoms with van der Waals surface area (Å²) >= 11 is 0. The van der Waals surface area contributed by atoms with Crippen LogP contribution in [0.5, 0.6) is 0 Å². The van der Waals surface area contributed by atoms with E-state index in [9.17, 15) is 4.79 Å². The third kappa shape index (κ3) is 4.34. The van der Waals surface area contributed by atoms with Crippen LogP contribution in [0, 0.1) is 5.92 Å². The number of carboxylic acids is 1. The van der Waals surface area contributed by atoms with Gasteiger partial charge in [-0.15, -0.1) is 0 Å². The van der Waals surface area contributed by atoms with E-state index < -0.39 is 14.3 Å². The molecular formula is C11H24O3Si. The van der Waals surface area contributed by atoms with Crippen LogP contribution < -0.4 is 0 Å². The molecule has 0 spiro atoms. The molecule has 15 heavy (non-hydrogen) atoms. The molecule has 3 nitrogen and oxygen atoms in total. The lowest BCUT2D eigenvalue weighted by Gasteiger charge is -2.36. The van der Waals surface area contributed by atoms with Crippen molar-refractivity contribution in [1.29, 1.82) is 0 Å². The average molecular weight is 232 g/mol. The topological polar surface area (TPSA) is 46.5 Å². The average Bonchev–Trinajstić information content (AvgIpc) is 2.02. The van der Waals surface area contributed by atoms with Crippen LogP contribution in [0.3, 0.4) is 0 Å². The molecule has 0 aromatic carbocycles.